The zero-order valence-corrected chi connectivity index (χ0v) is 34.6. The van der Waals surface area contributed by atoms with E-state index in [1.165, 1.54) is 88.2 Å². The average molecular weight is 778 g/mol. The Bertz CT molecular complexity index is 2170. The number of unbranched alkanes of at least 4 members (excludes halogenated alkanes) is 10. The van der Waals surface area contributed by atoms with E-state index in [1.807, 2.05) is 12.1 Å². The van der Waals surface area contributed by atoms with Crippen molar-refractivity contribution in [2.45, 2.75) is 104 Å². The first kappa shape index (κ1) is 39.7. The molecule has 4 heteroatoms. The molecule has 0 aliphatic heterocycles. The summed E-state index contributed by atoms with van der Waals surface area (Å²) in [4.78, 5) is 10.6. The summed E-state index contributed by atoms with van der Waals surface area (Å²) in [6.07, 6.45) is 17.8. The predicted molar refractivity (Wildman–Crippen MR) is 243 cm³/mol. The minimum Gasteiger partial charge on any atom is -0.246 e. The van der Waals surface area contributed by atoms with Crippen LogP contribution in [0.15, 0.2) is 121 Å². The van der Waals surface area contributed by atoms with E-state index in [0.29, 0.717) is 21.1 Å². The molecule has 0 unspecified atom stereocenters. The van der Waals surface area contributed by atoms with E-state index in [0.717, 1.165) is 68.4 Å². The fraction of sp³-hybridized carbons (Fsp3) is 0.308. The van der Waals surface area contributed by atoms with Crippen LogP contribution in [0, 0.1) is 0 Å². The molecule has 0 bridgehead atoms. The number of aromatic nitrogens is 2. The molecule has 56 heavy (non-hydrogen) atoms. The summed E-state index contributed by atoms with van der Waals surface area (Å²) in [5, 5.41) is 2.75. The Morgan fingerprint density at radius 2 is 0.750 bits per heavy atom. The van der Waals surface area contributed by atoms with Gasteiger partial charge in [0.25, 0.3) is 0 Å². The van der Waals surface area contributed by atoms with Crippen molar-refractivity contribution in [3.63, 3.8) is 0 Å². The molecule has 0 spiro atoms. The Hall–Kier alpha value is -4.50. The highest BCUT2D eigenvalue weighted by Gasteiger charge is 2.23. The van der Waals surface area contributed by atoms with Gasteiger partial charge in [-0.3, -0.25) is 0 Å². The minimum atomic E-state index is 0.560. The molecule has 2 heterocycles. The lowest BCUT2D eigenvalue weighted by molar-refractivity contribution is 0.607. The summed E-state index contributed by atoms with van der Waals surface area (Å²) < 4.78 is 0. The number of aryl methyl sites for hydroxylation is 2. The van der Waals surface area contributed by atoms with Gasteiger partial charge in [-0.2, -0.15) is 0 Å². The molecule has 0 radical (unpaired) electrons. The summed E-state index contributed by atoms with van der Waals surface area (Å²) in [7, 11) is 0. The number of rotatable bonds is 18. The zero-order valence-electron chi connectivity index (χ0n) is 33.1. The maximum Gasteiger partial charge on any atom is 0.0924 e. The Balaban J connectivity index is 1.31. The quantitative estimate of drug-likeness (QED) is 0.0641. The van der Waals surface area contributed by atoms with E-state index in [1.54, 1.807) is 0 Å². The van der Waals surface area contributed by atoms with Crippen molar-refractivity contribution >= 4 is 45.0 Å². The second-order valence-corrected chi connectivity index (χ2v) is 16.1. The van der Waals surface area contributed by atoms with Gasteiger partial charge in [0.2, 0.25) is 0 Å². The normalized spacial score (nSPS) is 11.5. The molecule has 0 aliphatic rings. The Labute approximate surface area is 344 Å². The van der Waals surface area contributed by atoms with Crippen LogP contribution in [0.2, 0.25) is 10.0 Å². The number of halogens is 2. The van der Waals surface area contributed by atoms with Gasteiger partial charge >= 0.3 is 0 Å². The predicted octanol–water partition coefficient (Wildman–Crippen LogP) is 16.6. The van der Waals surface area contributed by atoms with Crippen LogP contribution in [-0.4, -0.2) is 9.97 Å². The third-order valence-electron chi connectivity index (χ3n) is 11.2. The third kappa shape index (κ3) is 9.37. The number of hydrogen-bond donors (Lipinski definition) is 0. The van der Waals surface area contributed by atoms with Crippen molar-refractivity contribution < 1.29 is 0 Å². The smallest absolute Gasteiger partial charge is 0.0924 e. The molecule has 0 atom stereocenters. The van der Waals surface area contributed by atoms with Crippen LogP contribution in [0.3, 0.4) is 0 Å². The average Bonchev–Trinajstić information content (AvgIpc) is 3.25. The lowest BCUT2D eigenvalue weighted by Crippen LogP contribution is -1.97. The minimum absolute atomic E-state index is 0.560. The van der Waals surface area contributed by atoms with E-state index >= 15 is 0 Å². The molecule has 0 amide bonds. The summed E-state index contributed by atoms with van der Waals surface area (Å²) >= 11 is 15.2. The first-order valence-corrected chi connectivity index (χ1v) is 21.8. The Morgan fingerprint density at radius 3 is 1.12 bits per heavy atom. The van der Waals surface area contributed by atoms with Gasteiger partial charge in [0.15, 0.2) is 0 Å². The summed E-state index contributed by atoms with van der Waals surface area (Å²) in [6.45, 7) is 4.54. The van der Waals surface area contributed by atoms with Crippen LogP contribution in [-0.2, 0) is 12.8 Å². The van der Waals surface area contributed by atoms with Gasteiger partial charge in [-0.15, -0.1) is 0 Å². The maximum atomic E-state index is 7.59. The van der Waals surface area contributed by atoms with Gasteiger partial charge in [0.1, 0.15) is 0 Å². The van der Waals surface area contributed by atoms with Crippen LogP contribution < -0.4 is 0 Å². The van der Waals surface area contributed by atoms with Gasteiger partial charge in [0, 0.05) is 21.9 Å². The van der Waals surface area contributed by atoms with Gasteiger partial charge in [-0.1, -0.05) is 210 Å². The first-order chi connectivity index (χ1) is 27.6. The monoisotopic (exact) mass is 776 g/mol. The topological polar surface area (TPSA) is 25.8 Å². The Kier molecular flexibility index (Phi) is 13.9. The number of benzene rings is 5. The molecule has 0 saturated carbocycles. The van der Waals surface area contributed by atoms with Gasteiger partial charge in [-0.25, -0.2) is 9.97 Å². The molecule has 2 aromatic heterocycles. The van der Waals surface area contributed by atoms with Crippen LogP contribution in [0.1, 0.15) is 102 Å². The molecule has 5 aromatic carbocycles. The van der Waals surface area contributed by atoms with Crippen molar-refractivity contribution in [3.05, 3.63) is 142 Å². The Morgan fingerprint density at radius 1 is 0.393 bits per heavy atom. The molecule has 0 aliphatic carbocycles. The second kappa shape index (κ2) is 19.6. The molecular weight excluding hydrogens is 723 g/mol. The van der Waals surface area contributed by atoms with E-state index in [-0.39, 0.29) is 0 Å². The van der Waals surface area contributed by atoms with Crippen molar-refractivity contribution in [2.75, 3.05) is 0 Å². The summed E-state index contributed by atoms with van der Waals surface area (Å²) in [5.74, 6) is 0. The number of fused-ring (bicyclic) bond motifs is 2. The van der Waals surface area contributed by atoms with Crippen molar-refractivity contribution in [2.24, 2.45) is 0 Å². The van der Waals surface area contributed by atoms with Crippen molar-refractivity contribution in [3.8, 4) is 44.8 Å². The first-order valence-electron chi connectivity index (χ1n) is 21.0. The van der Waals surface area contributed by atoms with E-state index < -0.39 is 0 Å². The SMILES string of the molecule is CCCCCCCCc1ccc(-c2cc(-c3ccccc3)c3c(Cl)c4nc(-c5ccc(CCCCCCCC)cc5)cc(-c5ccccc5)c4c(Cl)c3n2)cc1. The fourth-order valence-electron chi connectivity index (χ4n) is 7.98. The lowest BCUT2D eigenvalue weighted by atomic mass is 9.93. The number of pyridine rings is 2. The van der Waals surface area contributed by atoms with Crippen molar-refractivity contribution in [1.82, 2.24) is 9.97 Å². The lowest BCUT2D eigenvalue weighted by Gasteiger charge is -2.18. The summed E-state index contributed by atoms with van der Waals surface area (Å²) in [5.41, 5.74) is 12.0. The largest absolute Gasteiger partial charge is 0.246 e. The highest BCUT2D eigenvalue weighted by Crippen LogP contribution is 2.47. The second-order valence-electron chi connectivity index (χ2n) is 15.3. The number of nitrogens with zero attached hydrogens (tertiary/aromatic N) is 2. The van der Waals surface area contributed by atoms with Crippen LogP contribution >= 0.6 is 23.2 Å². The van der Waals surface area contributed by atoms with Gasteiger partial charge in [-0.05, 0) is 71.2 Å². The standard InChI is InChI=1S/C52H54Cl2N2/c1-3-5-7-9-11-15-21-37-27-31-41(32-28-37)45-35-43(39-23-17-13-18-24-39)47-50(54)52-48(49(53)51(47)55-45)44(40-25-19-14-20-26-40)36-46(56-52)42-33-29-38(30-34-42)22-16-12-10-8-6-4-2/h13-14,17-20,23-36H,3-12,15-16,21-22H2,1-2H3. The molecule has 7 rings (SSSR count). The highest BCUT2D eigenvalue weighted by molar-refractivity contribution is 6.48. The van der Waals surface area contributed by atoms with E-state index in [2.05, 4.69) is 123 Å². The van der Waals surface area contributed by atoms with Crippen LogP contribution in [0.4, 0.5) is 0 Å². The van der Waals surface area contributed by atoms with Crippen LogP contribution in [0.5, 0.6) is 0 Å². The molecule has 7 aromatic rings. The highest BCUT2D eigenvalue weighted by atomic mass is 35.5. The molecule has 0 fully saturated rings. The molecule has 2 nitrogen and oxygen atoms in total. The van der Waals surface area contributed by atoms with E-state index in [9.17, 15) is 0 Å². The zero-order chi connectivity index (χ0) is 38.7. The third-order valence-corrected chi connectivity index (χ3v) is 11.9. The van der Waals surface area contributed by atoms with Gasteiger partial charge < -0.3 is 0 Å². The van der Waals surface area contributed by atoms with Crippen molar-refractivity contribution in [1.29, 1.82) is 0 Å². The molecule has 0 N–H and O–H groups in total. The van der Waals surface area contributed by atoms with Crippen LogP contribution in [0.25, 0.3) is 66.6 Å². The molecular formula is C52H54Cl2N2. The maximum absolute atomic E-state index is 7.59. The molecule has 286 valence electrons. The number of hydrogen-bond acceptors (Lipinski definition) is 2. The summed E-state index contributed by atoms with van der Waals surface area (Å²) in [6, 6.07) is 43.0. The molecule has 0 saturated heterocycles. The van der Waals surface area contributed by atoms with E-state index in [4.69, 9.17) is 33.2 Å². The van der Waals surface area contributed by atoms with Gasteiger partial charge in [0.05, 0.1) is 32.5 Å². The fourth-order valence-corrected chi connectivity index (χ4v) is 8.63.